The van der Waals surface area contributed by atoms with E-state index >= 15 is 0 Å². The molecule has 1 aliphatic heterocycles. The summed E-state index contributed by atoms with van der Waals surface area (Å²) in [4.78, 5) is 0. The summed E-state index contributed by atoms with van der Waals surface area (Å²) in [7, 11) is 0. The van der Waals surface area contributed by atoms with E-state index in [1.54, 1.807) is 28.8 Å². The lowest BCUT2D eigenvalue weighted by Gasteiger charge is -2.13. The highest BCUT2D eigenvalue weighted by Crippen LogP contribution is 2.40. The van der Waals surface area contributed by atoms with E-state index in [-0.39, 0.29) is 17.9 Å². The Bertz CT molecular complexity index is 1240. The van der Waals surface area contributed by atoms with E-state index in [4.69, 9.17) is 9.47 Å². The zero-order valence-electron chi connectivity index (χ0n) is 13.3. The zero-order valence-corrected chi connectivity index (χ0v) is 13.3. The number of pyridine rings is 1. The molecule has 2 aromatic heterocycles. The van der Waals surface area contributed by atoms with Gasteiger partial charge in [0.25, 0.3) is 0 Å². The molecule has 5 rings (SSSR count). The van der Waals surface area contributed by atoms with Gasteiger partial charge in [0.2, 0.25) is 12.6 Å². The lowest BCUT2D eigenvalue weighted by molar-refractivity contribution is 0.174. The number of rotatable bonds is 1. The Kier molecular flexibility index (Phi) is 3.16. The van der Waals surface area contributed by atoms with Crippen LogP contribution in [0.25, 0.3) is 27.5 Å². The van der Waals surface area contributed by atoms with Crippen molar-refractivity contribution in [3.05, 3.63) is 65.6 Å². The minimum absolute atomic E-state index is 0.0327. The monoisotopic (exact) mass is 377 g/mol. The summed E-state index contributed by atoms with van der Waals surface area (Å²) in [5, 5.41) is 0.488. The second kappa shape index (κ2) is 5.35. The molecule has 0 amide bonds. The fourth-order valence-corrected chi connectivity index (χ4v) is 3.35. The van der Waals surface area contributed by atoms with E-state index in [1.807, 2.05) is 0 Å². The first kappa shape index (κ1) is 15.9. The van der Waals surface area contributed by atoms with Gasteiger partial charge in [-0.3, -0.25) is 0 Å². The van der Waals surface area contributed by atoms with Gasteiger partial charge in [0.1, 0.15) is 0 Å². The highest BCUT2D eigenvalue weighted by atomic mass is 19.2. The molecule has 3 nitrogen and oxygen atoms in total. The quantitative estimate of drug-likeness (QED) is 0.259. The molecule has 4 aromatic rings. The van der Waals surface area contributed by atoms with Gasteiger partial charge in [0.15, 0.2) is 34.8 Å². The molecule has 0 N–H and O–H groups in total. The van der Waals surface area contributed by atoms with Gasteiger partial charge in [-0.05, 0) is 24.3 Å². The number of nitrogens with zero attached hydrogens (tertiary/aromatic N) is 1. The summed E-state index contributed by atoms with van der Waals surface area (Å²) in [6.07, 6.45) is 1.62. The first-order valence-corrected chi connectivity index (χ1v) is 7.82. The van der Waals surface area contributed by atoms with Crippen LogP contribution >= 0.6 is 0 Å². The molecule has 0 radical (unpaired) electrons. The predicted molar refractivity (Wildman–Crippen MR) is 86.3 cm³/mol. The largest absolute Gasteiger partial charge is 0.454 e. The standard InChI is InChI=1S/C19H8F5NO2/c20-15-14(16(21)18(23)19(24)17(15)22)9-4-8-5-12-13(27-7-26-12)6-11(8)25-3-1-2-10(9)25/h1-6H,7H2. The molecule has 0 unspecified atom stereocenters. The summed E-state index contributed by atoms with van der Waals surface area (Å²) in [6, 6.07) is 7.77. The van der Waals surface area contributed by atoms with E-state index in [1.165, 1.54) is 12.1 Å². The SMILES string of the molecule is Fc1c(F)c(F)c(-c2cc3cc4c(cc3n3cccc23)OCO4)c(F)c1F. The Labute approximate surface area is 148 Å². The molecule has 0 bridgehead atoms. The molecule has 136 valence electrons. The van der Waals surface area contributed by atoms with E-state index in [0.29, 0.717) is 22.4 Å². The fourth-order valence-electron chi connectivity index (χ4n) is 3.35. The van der Waals surface area contributed by atoms with Crippen LogP contribution in [0.15, 0.2) is 36.5 Å². The lowest BCUT2D eigenvalue weighted by Crippen LogP contribution is -2.05. The second-order valence-electron chi connectivity index (χ2n) is 6.03. The minimum Gasteiger partial charge on any atom is -0.454 e. The van der Waals surface area contributed by atoms with Crippen molar-refractivity contribution >= 4 is 16.4 Å². The Morgan fingerprint density at radius 3 is 2.07 bits per heavy atom. The number of fused-ring (bicyclic) bond motifs is 4. The highest BCUT2D eigenvalue weighted by Gasteiger charge is 2.28. The summed E-state index contributed by atoms with van der Waals surface area (Å²) >= 11 is 0. The number of benzene rings is 2. The maximum Gasteiger partial charge on any atom is 0.231 e. The summed E-state index contributed by atoms with van der Waals surface area (Å²) in [5.41, 5.74) is -0.190. The Balaban J connectivity index is 1.92. The van der Waals surface area contributed by atoms with Gasteiger partial charge in [-0.25, -0.2) is 22.0 Å². The molecule has 0 spiro atoms. The Morgan fingerprint density at radius 1 is 0.741 bits per heavy atom. The topological polar surface area (TPSA) is 22.9 Å². The zero-order chi connectivity index (χ0) is 18.9. The second-order valence-corrected chi connectivity index (χ2v) is 6.03. The highest BCUT2D eigenvalue weighted by molar-refractivity contribution is 5.95. The van der Waals surface area contributed by atoms with Crippen LogP contribution in [-0.2, 0) is 0 Å². The molecular formula is C19H8F5NO2. The molecule has 1 aliphatic rings. The average molecular weight is 377 g/mol. The molecule has 0 atom stereocenters. The van der Waals surface area contributed by atoms with Gasteiger partial charge in [-0.15, -0.1) is 0 Å². The molecule has 0 saturated carbocycles. The predicted octanol–water partition coefficient (Wildman–Crippen LogP) is 5.18. The average Bonchev–Trinajstić information content (AvgIpc) is 3.32. The van der Waals surface area contributed by atoms with Crippen LogP contribution in [0.1, 0.15) is 0 Å². The first-order chi connectivity index (χ1) is 13.0. The third-order valence-corrected chi connectivity index (χ3v) is 4.59. The number of hydrogen-bond acceptors (Lipinski definition) is 2. The maximum absolute atomic E-state index is 14.4. The maximum atomic E-state index is 14.4. The van der Waals surface area contributed by atoms with E-state index < -0.39 is 34.6 Å². The third kappa shape index (κ3) is 2.06. The van der Waals surface area contributed by atoms with Crippen molar-refractivity contribution in [1.82, 2.24) is 4.40 Å². The van der Waals surface area contributed by atoms with Crippen molar-refractivity contribution < 1.29 is 31.4 Å². The normalized spacial score (nSPS) is 13.1. The fraction of sp³-hybridized carbons (Fsp3) is 0.0526. The Morgan fingerprint density at radius 2 is 1.37 bits per heavy atom. The lowest BCUT2D eigenvalue weighted by atomic mass is 10.0. The van der Waals surface area contributed by atoms with E-state index in [9.17, 15) is 22.0 Å². The van der Waals surface area contributed by atoms with Crippen LogP contribution in [0.5, 0.6) is 11.5 Å². The van der Waals surface area contributed by atoms with Crippen molar-refractivity contribution in [2.75, 3.05) is 6.79 Å². The van der Waals surface area contributed by atoms with Crippen LogP contribution in [0.4, 0.5) is 22.0 Å². The summed E-state index contributed by atoms with van der Waals surface area (Å²) < 4.78 is 81.8. The van der Waals surface area contributed by atoms with Crippen LogP contribution < -0.4 is 9.47 Å². The number of hydrogen-bond donors (Lipinski definition) is 0. The van der Waals surface area contributed by atoms with E-state index in [0.717, 1.165) is 0 Å². The molecule has 0 fully saturated rings. The molecule has 27 heavy (non-hydrogen) atoms. The minimum atomic E-state index is -2.19. The molecule has 3 heterocycles. The number of halogens is 5. The van der Waals surface area contributed by atoms with Gasteiger partial charge in [-0.1, -0.05) is 0 Å². The smallest absolute Gasteiger partial charge is 0.231 e. The third-order valence-electron chi connectivity index (χ3n) is 4.59. The van der Waals surface area contributed by atoms with Gasteiger partial charge in [-0.2, -0.15) is 0 Å². The molecule has 8 heteroatoms. The number of aromatic nitrogens is 1. The molecule has 0 saturated heterocycles. The van der Waals surface area contributed by atoms with Crippen LogP contribution in [0, 0.1) is 29.1 Å². The number of ether oxygens (including phenoxy) is 2. The van der Waals surface area contributed by atoms with Crippen molar-refractivity contribution in [2.45, 2.75) is 0 Å². The van der Waals surface area contributed by atoms with E-state index in [2.05, 4.69) is 0 Å². The van der Waals surface area contributed by atoms with Gasteiger partial charge in [0.05, 0.1) is 16.6 Å². The molecular weight excluding hydrogens is 369 g/mol. The molecule has 2 aromatic carbocycles. The van der Waals surface area contributed by atoms with Crippen molar-refractivity contribution in [3.8, 4) is 22.6 Å². The van der Waals surface area contributed by atoms with Crippen LogP contribution in [0.3, 0.4) is 0 Å². The van der Waals surface area contributed by atoms with Crippen molar-refractivity contribution in [3.63, 3.8) is 0 Å². The Hall–Kier alpha value is -3.29. The van der Waals surface area contributed by atoms with Crippen LogP contribution in [-0.4, -0.2) is 11.2 Å². The van der Waals surface area contributed by atoms with Gasteiger partial charge < -0.3 is 13.9 Å². The summed E-state index contributed by atoms with van der Waals surface area (Å²) in [5.74, 6) is -8.99. The van der Waals surface area contributed by atoms with Gasteiger partial charge >= 0.3 is 0 Å². The van der Waals surface area contributed by atoms with Crippen molar-refractivity contribution in [1.29, 1.82) is 0 Å². The molecule has 0 aliphatic carbocycles. The van der Waals surface area contributed by atoms with Crippen molar-refractivity contribution in [2.24, 2.45) is 0 Å². The first-order valence-electron chi connectivity index (χ1n) is 7.82. The summed E-state index contributed by atoms with van der Waals surface area (Å²) in [6.45, 7) is 0.0327. The van der Waals surface area contributed by atoms with Crippen LogP contribution in [0.2, 0.25) is 0 Å². The van der Waals surface area contributed by atoms with Gasteiger partial charge in [0, 0.05) is 23.2 Å².